The summed E-state index contributed by atoms with van der Waals surface area (Å²) in [7, 11) is 5.52. The summed E-state index contributed by atoms with van der Waals surface area (Å²) >= 11 is 0. The van der Waals surface area contributed by atoms with Crippen LogP contribution in [0.2, 0.25) is 0 Å². The lowest BCUT2D eigenvalue weighted by Gasteiger charge is -2.21. The first-order chi connectivity index (χ1) is 8.56. The topological polar surface area (TPSA) is 49.3 Å². The lowest BCUT2D eigenvalue weighted by Crippen LogP contribution is -2.30. The van der Waals surface area contributed by atoms with E-state index in [1.807, 2.05) is 0 Å². The number of rotatable bonds is 3. The van der Waals surface area contributed by atoms with E-state index >= 15 is 0 Å². The maximum Gasteiger partial charge on any atom is 0.471 e. The van der Waals surface area contributed by atoms with Gasteiger partial charge in [-0.1, -0.05) is 24.2 Å². The highest BCUT2D eigenvalue weighted by Crippen LogP contribution is 2.24. The van der Waals surface area contributed by atoms with Crippen molar-refractivity contribution in [1.29, 1.82) is 0 Å². The maximum atomic E-state index is 12.1. The molecular formula is C12H11BF3NO2. The van der Waals surface area contributed by atoms with Gasteiger partial charge in [0.15, 0.2) is 0 Å². The Morgan fingerprint density at radius 2 is 2.00 bits per heavy atom. The van der Waals surface area contributed by atoms with Crippen LogP contribution in [0.5, 0.6) is 0 Å². The number of nitrogens with one attached hydrogen (secondary N) is 1. The molecule has 0 spiro atoms. The molecule has 19 heavy (non-hydrogen) atoms. The molecule has 1 rings (SSSR count). The first-order valence-corrected chi connectivity index (χ1v) is 5.21. The molecule has 0 heterocycles. The van der Waals surface area contributed by atoms with Gasteiger partial charge in [0, 0.05) is 5.69 Å². The monoisotopic (exact) mass is 269 g/mol. The Bertz CT molecular complexity index is 512. The molecule has 0 saturated heterocycles. The molecule has 1 atom stereocenters. The summed E-state index contributed by atoms with van der Waals surface area (Å²) in [6.07, 6.45) is -3.79. The van der Waals surface area contributed by atoms with Gasteiger partial charge in [-0.2, -0.15) is 13.2 Å². The number of aliphatic hydroxyl groups is 1. The minimum atomic E-state index is -4.99. The summed E-state index contributed by atoms with van der Waals surface area (Å²) in [4.78, 5) is 10.8. The molecule has 0 aliphatic rings. The van der Waals surface area contributed by atoms with Gasteiger partial charge in [-0.25, -0.2) is 0 Å². The van der Waals surface area contributed by atoms with Gasteiger partial charge < -0.3 is 10.4 Å². The third-order valence-electron chi connectivity index (χ3n) is 2.45. The lowest BCUT2D eigenvalue weighted by atomic mass is 9.87. The van der Waals surface area contributed by atoms with Crippen molar-refractivity contribution >= 4 is 24.9 Å². The molecule has 100 valence electrons. The van der Waals surface area contributed by atoms with Crippen molar-refractivity contribution in [1.82, 2.24) is 0 Å². The number of amides is 1. The van der Waals surface area contributed by atoms with Gasteiger partial charge in [0.25, 0.3) is 0 Å². The first-order valence-electron chi connectivity index (χ1n) is 5.21. The Balaban J connectivity index is 3.11. The fourth-order valence-corrected chi connectivity index (χ4v) is 1.34. The van der Waals surface area contributed by atoms with Crippen molar-refractivity contribution < 1.29 is 23.1 Å². The second kappa shape index (κ2) is 5.09. The molecule has 0 fully saturated rings. The van der Waals surface area contributed by atoms with Crippen LogP contribution in [0.3, 0.4) is 0 Å². The van der Waals surface area contributed by atoms with Crippen LogP contribution in [0.25, 0.3) is 0 Å². The molecule has 0 aromatic heterocycles. The number of alkyl halides is 3. The van der Waals surface area contributed by atoms with Crippen molar-refractivity contribution in [2.75, 3.05) is 5.32 Å². The minimum absolute atomic E-state index is 0.108. The molecule has 7 heteroatoms. The quantitative estimate of drug-likeness (QED) is 0.643. The zero-order chi connectivity index (χ0) is 14.8. The number of halogens is 3. The molecule has 0 saturated carbocycles. The van der Waals surface area contributed by atoms with E-state index in [1.54, 1.807) is 5.32 Å². The lowest BCUT2D eigenvalue weighted by molar-refractivity contribution is -0.167. The van der Waals surface area contributed by atoms with Crippen LogP contribution < -0.4 is 10.8 Å². The number of hydrogen-bond donors (Lipinski definition) is 2. The molecule has 2 N–H and O–H groups in total. The van der Waals surface area contributed by atoms with Crippen molar-refractivity contribution in [3.05, 3.63) is 36.4 Å². The van der Waals surface area contributed by atoms with Gasteiger partial charge in [0.1, 0.15) is 13.4 Å². The molecule has 2 radical (unpaired) electrons. The third kappa shape index (κ3) is 3.85. The van der Waals surface area contributed by atoms with Crippen molar-refractivity contribution in [3.63, 3.8) is 0 Å². The molecule has 1 unspecified atom stereocenters. The highest BCUT2D eigenvalue weighted by Gasteiger charge is 2.38. The number of carbonyl (C=O) groups is 1. The predicted octanol–water partition coefficient (Wildman–Crippen LogP) is 1.37. The van der Waals surface area contributed by atoms with Gasteiger partial charge in [-0.15, -0.1) is 0 Å². The largest absolute Gasteiger partial charge is 0.471 e. The van der Waals surface area contributed by atoms with Gasteiger partial charge in [-0.3, -0.25) is 4.79 Å². The van der Waals surface area contributed by atoms with E-state index in [9.17, 15) is 23.1 Å². The third-order valence-corrected chi connectivity index (χ3v) is 2.45. The Morgan fingerprint density at radius 1 is 1.42 bits per heavy atom. The van der Waals surface area contributed by atoms with Crippen LogP contribution in [-0.4, -0.2) is 25.0 Å². The van der Waals surface area contributed by atoms with Crippen molar-refractivity contribution in [2.45, 2.75) is 18.7 Å². The Labute approximate surface area is 109 Å². The van der Waals surface area contributed by atoms with Crippen molar-refractivity contribution in [2.24, 2.45) is 0 Å². The van der Waals surface area contributed by atoms with E-state index in [1.165, 1.54) is 25.1 Å². The van der Waals surface area contributed by atoms with E-state index in [0.29, 0.717) is 0 Å². The fraction of sp³-hybridized carbons (Fsp3) is 0.250. The van der Waals surface area contributed by atoms with Gasteiger partial charge in [0.2, 0.25) is 0 Å². The number of hydrogen-bond acceptors (Lipinski definition) is 2. The highest BCUT2D eigenvalue weighted by molar-refractivity contribution is 6.32. The van der Waals surface area contributed by atoms with Gasteiger partial charge >= 0.3 is 12.1 Å². The van der Waals surface area contributed by atoms with Crippen LogP contribution >= 0.6 is 0 Å². The standard InChI is InChI=1S/C12H11BF3NO2/c1-3-11(2,19)7-4-8(13)6-9(5-7)17-10(18)12(14,15)16/h3-6,19H,1H2,2H3,(H,17,18). The van der Waals surface area contributed by atoms with E-state index < -0.39 is 17.7 Å². The van der Waals surface area contributed by atoms with Crippen LogP contribution in [0.1, 0.15) is 12.5 Å². The van der Waals surface area contributed by atoms with E-state index in [0.717, 1.165) is 6.07 Å². The normalized spacial score (nSPS) is 14.6. The summed E-state index contributed by atoms with van der Waals surface area (Å²) in [5.41, 5.74) is -1.29. The zero-order valence-electron chi connectivity index (χ0n) is 10.1. The molecule has 0 bridgehead atoms. The highest BCUT2D eigenvalue weighted by atomic mass is 19.4. The molecule has 3 nitrogen and oxygen atoms in total. The van der Waals surface area contributed by atoms with E-state index in [4.69, 9.17) is 7.85 Å². The zero-order valence-corrected chi connectivity index (χ0v) is 10.1. The Morgan fingerprint density at radius 3 is 2.47 bits per heavy atom. The van der Waals surface area contributed by atoms with Crippen LogP contribution in [0.4, 0.5) is 18.9 Å². The summed E-state index contributed by atoms with van der Waals surface area (Å²) < 4.78 is 36.4. The molecule has 1 aromatic rings. The minimum Gasteiger partial charge on any atom is -0.381 e. The first kappa shape index (κ1) is 15.3. The van der Waals surface area contributed by atoms with E-state index in [-0.39, 0.29) is 16.7 Å². The van der Waals surface area contributed by atoms with E-state index in [2.05, 4.69) is 6.58 Å². The summed E-state index contributed by atoms with van der Waals surface area (Å²) in [5.74, 6) is -2.11. The average molecular weight is 269 g/mol. The summed E-state index contributed by atoms with van der Waals surface area (Å²) in [5, 5.41) is 11.6. The SMILES string of the molecule is [B]c1cc(NC(=O)C(F)(F)F)cc(C(C)(O)C=C)c1. The fourth-order valence-electron chi connectivity index (χ4n) is 1.34. The number of carbonyl (C=O) groups excluding carboxylic acids is 1. The second-order valence-corrected chi connectivity index (χ2v) is 4.15. The van der Waals surface area contributed by atoms with Gasteiger partial charge in [0.05, 0.1) is 0 Å². The van der Waals surface area contributed by atoms with Gasteiger partial charge in [-0.05, 0) is 24.6 Å². The van der Waals surface area contributed by atoms with Crippen LogP contribution in [0, 0.1) is 0 Å². The maximum absolute atomic E-state index is 12.1. The molecule has 0 aliphatic heterocycles. The smallest absolute Gasteiger partial charge is 0.381 e. The molecular weight excluding hydrogens is 258 g/mol. The van der Waals surface area contributed by atoms with Crippen LogP contribution in [-0.2, 0) is 10.4 Å². The molecule has 1 amide bonds. The van der Waals surface area contributed by atoms with Crippen LogP contribution in [0.15, 0.2) is 30.9 Å². The average Bonchev–Trinajstić information content (AvgIpc) is 2.26. The summed E-state index contributed by atoms with van der Waals surface area (Å²) in [6.45, 7) is 4.80. The Hall–Kier alpha value is -1.76. The molecule has 0 aliphatic carbocycles. The number of anilines is 1. The molecule has 1 aromatic carbocycles. The predicted molar refractivity (Wildman–Crippen MR) is 66.3 cm³/mol. The Kier molecular flexibility index (Phi) is 4.10. The number of benzene rings is 1. The van der Waals surface area contributed by atoms with Crippen molar-refractivity contribution in [3.8, 4) is 0 Å². The second-order valence-electron chi connectivity index (χ2n) is 4.15. The summed E-state index contributed by atoms with van der Waals surface area (Å²) in [6, 6.07) is 3.74.